The van der Waals surface area contributed by atoms with Crippen LogP contribution in [0.3, 0.4) is 0 Å². The van der Waals surface area contributed by atoms with Gasteiger partial charge < -0.3 is 14.5 Å². The fourth-order valence-corrected chi connectivity index (χ4v) is 6.60. The molecule has 6 rings (SSSR count). The zero-order valence-electron chi connectivity index (χ0n) is 23.5. The van der Waals surface area contributed by atoms with E-state index in [9.17, 15) is 14.4 Å². The van der Waals surface area contributed by atoms with Crippen molar-refractivity contribution in [3.63, 3.8) is 0 Å². The zero-order chi connectivity index (χ0) is 28.3. The van der Waals surface area contributed by atoms with Crippen molar-refractivity contribution in [1.82, 2.24) is 14.8 Å². The molecule has 8 nitrogen and oxygen atoms in total. The minimum absolute atomic E-state index is 0.0543. The van der Waals surface area contributed by atoms with Crippen molar-refractivity contribution < 1.29 is 19.1 Å². The number of methoxy groups -OCH3 is 1. The Labute approximate surface area is 240 Å². The lowest BCUT2D eigenvalue weighted by Gasteiger charge is -2.41. The molecule has 212 valence electrons. The molecular formula is C33H36N4O4. The number of pyridine rings is 1. The van der Waals surface area contributed by atoms with Crippen LogP contribution in [0.2, 0.25) is 0 Å². The number of aromatic nitrogens is 1. The molecule has 3 aliphatic rings. The van der Waals surface area contributed by atoms with Crippen molar-refractivity contribution >= 4 is 23.4 Å². The van der Waals surface area contributed by atoms with Crippen molar-refractivity contribution in [3.05, 3.63) is 89.2 Å². The first-order chi connectivity index (χ1) is 20.0. The minimum atomic E-state index is -0.260. The summed E-state index contributed by atoms with van der Waals surface area (Å²) < 4.78 is 5.31. The number of fused-ring (bicyclic) bond motifs is 1. The highest BCUT2D eigenvalue weighted by atomic mass is 16.5. The fourth-order valence-electron chi connectivity index (χ4n) is 6.60. The van der Waals surface area contributed by atoms with Gasteiger partial charge in [-0.2, -0.15) is 0 Å². The van der Waals surface area contributed by atoms with Gasteiger partial charge in [0.2, 0.25) is 5.91 Å². The molecular weight excluding hydrogens is 516 g/mol. The quantitative estimate of drug-likeness (QED) is 0.388. The first-order valence-corrected chi connectivity index (χ1v) is 14.6. The fraction of sp³-hybridized carbons (Fsp3) is 0.394. The second kappa shape index (κ2) is 11.7. The topological polar surface area (TPSA) is 83.1 Å². The molecule has 4 heterocycles. The summed E-state index contributed by atoms with van der Waals surface area (Å²) in [5.74, 6) is 0.251. The summed E-state index contributed by atoms with van der Waals surface area (Å²) >= 11 is 0. The molecule has 0 spiro atoms. The van der Waals surface area contributed by atoms with Crippen LogP contribution in [0.5, 0.6) is 5.75 Å². The normalized spacial score (nSPS) is 20.8. The van der Waals surface area contributed by atoms with Crippen molar-refractivity contribution in [2.45, 2.75) is 44.6 Å². The smallest absolute Gasteiger partial charge is 0.263 e. The molecule has 3 amide bonds. The summed E-state index contributed by atoms with van der Waals surface area (Å²) in [7, 11) is 1.62. The number of carbonyl (C=O) groups is 3. The van der Waals surface area contributed by atoms with Gasteiger partial charge in [0.25, 0.3) is 11.8 Å². The Balaban J connectivity index is 1.19. The number of rotatable bonds is 7. The van der Waals surface area contributed by atoms with Crippen LogP contribution in [-0.2, 0) is 11.2 Å². The van der Waals surface area contributed by atoms with E-state index in [4.69, 9.17) is 4.74 Å². The third-order valence-electron chi connectivity index (χ3n) is 8.70. The summed E-state index contributed by atoms with van der Waals surface area (Å²) in [6.45, 7) is 2.34. The first-order valence-electron chi connectivity index (χ1n) is 14.6. The number of ether oxygens (including phenoxy) is 1. The van der Waals surface area contributed by atoms with Gasteiger partial charge in [-0.15, -0.1) is 0 Å². The van der Waals surface area contributed by atoms with Gasteiger partial charge in [-0.1, -0.05) is 24.3 Å². The highest BCUT2D eigenvalue weighted by molar-refractivity contribution is 6.23. The molecule has 2 saturated heterocycles. The van der Waals surface area contributed by atoms with Gasteiger partial charge >= 0.3 is 0 Å². The molecule has 3 aromatic rings. The Morgan fingerprint density at radius 1 is 0.976 bits per heavy atom. The summed E-state index contributed by atoms with van der Waals surface area (Å²) in [6, 6.07) is 17.2. The molecule has 0 unspecified atom stereocenters. The van der Waals surface area contributed by atoms with E-state index in [1.807, 2.05) is 48.7 Å². The maximum atomic E-state index is 13.9. The molecule has 0 saturated carbocycles. The lowest BCUT2D eigenvalue weighted by Crippen LogP contribution is -2.47. The number of hydrogen-bond acceptors (Lipinski definition) is 6. The number of likely N-dealkylation sites (tertiary alicyclic amines) is 1. The molecule has 0 radical (unpaired) electrons. The van der Waals surface area contributed by atoms with Crippen LogP contribution in [0.25, 0.3) is 0 Å². The van der Waals surface area contributed by atoms with E-state index in [0.717, 1.165) is 67.8 Å². The predicted octanol–water partition coefficient (Wildman–Crippen LogP) is 4.90. The van der Waals surface area contributed by atoms with Crippen LogP contribution in [0.15, 0.2) is 67.0 Å². The number of anilines is 1. The Bertz CT molecular complexity index is 1440. The van der Waals surface area contributed by atoms with Crippen LogP contribution >= 0.6 is 0 Å². The van der Waals surface area contributed by atoms with E-state index in [1.165, 1.54) is 4.90 Å². The van der Waals surface area contributed by atoms with E-state index in [1.54, 1.807) is 19.4 Å². The van der Waals surface area contributed by atoms with Crippen LogP contribution < -0.4 is 9.64 Å². The average molecular weight is 553 g/mol. The Hall–Kier alpha value is -4.20. The SMILES string of the molecule is COc1cccc(CCN2C(=O)c3cccc(N4CCC[C@H](C(=O)N5CCCC[C@H]5c5cccnc5)C4)c3C2=O)c1. The highest BCUT2D eigenvalue weighted by Crippen LogP contribution is 2.37. The molecule has 0 aliphatic carbocycles. The van der Waals surface area contributed by atoms with Gasteiger partial charge in [0.05, 0.1) is 35.9 Å². The number of piperidine rings is 2. The van der Waals surface area contributed by atoms with E-state index >= 15 is 0 Å². The third kappa shape index (κ3) is 5.31. The minimum Gasteiger partial charge on any atom is -0.497 e. The Morgan fingerprint density at radius 3 is 2.68 bits per heavy atom. The molecule has 2 aromatic carbocycles. The largest absolute Gasteiger partial charge is 0.497 e. The molecule has 2 atom stereocenters. The van der Waals surface area contributed by atoms with Gasteiger partial charge in [-0.3, -0.25) is 24.3 Å². The van der Waals surface area contributed by atoms with Crippen LogP contribution in [0.4, 0.5) is 5.69 Å². The monoisotopic (exact) mass is 552 g/mol. The number of carbonyl (C=O) groups excluding carboxylic acids is 3. The Kier molecular flexibility index (Phi) is 7.72. The number of amides is 3. The molecule has 1 aromatic heterocycles. The summed E-state index contributed by atoms with van der Waals surface area (Å²) in [5, 5.41) is 0. The van der Waals surface area contributed by atoms with Crippen molar-refractivity contribution in [1.29, 1.82) is 0 Å². The summed E-state index contributed by atoms with van der Waals surface area (Å²) in [5.41, 5.74) is 3.75. The molecule has 8 heteroatoms. The molecule has 3 aliphatic heterocycles. The van der Waals surface area contributed by atoms with E-state index < -0.39 is 0 Å². The number of imide groups is 1. The van der Waals surface area contributed by atoms with E-state index in [-0.39, 0.29) is 29.7 Å². The predicted molar refractivity (Wildman–Crippen MR) is 156 cm³/mol. The van der Waals surface area contributed by atoms with Gasteiger partial charge in [0.1, 0.15) is 5.75 Å². The van der Waals surface area contributed by atoms with Crippen molar-refractivity contribution in [2.75, 3.05) is 38.2 Å². The second-order valence-electron chi connectivity index (χ2n) is 11.2. The average Bonchev–Trinajstić information content (AvgIpc) is 3.28. The summed E-state index contributed by atoms with van der Waals surface area (Å²) in [6.07, 6.45) is 8.91. The van der Waals surface area contributed by atoms with Gasteiger partial charge in [-0.05, 0) is 80.0 Å². The highest BCUT2D eigenvalue weighted by Gasteiger charge is 2.40. The van der Waals surface area contributed by atoms with Gasteiger partial charge in [0.15, 0.2) is 0 Å². The molecule has 41 heavy (non-hydrogen) atoms. The number of benzene rings is 2. The van der Waals surface area contributed by atoms with Crippen LogP contribution in [-0.4, -0.2) is 65.8 Å². The van der Waals surface area contributed by atoms with Crippen molar-refractivity contribution in [3.8, 4) is 5.75 Å². The third-order valence-corrected chi connectivity index (χ3v) is 8.70. The van der Waals surface area contributed by atoms with Crippen LogP contribution in [0.1, 0.15) is 70.0 Å². The molecule has 0 bridgehead atoms. The number of nitrogens with zero attached hydrogens (tertiary/aromatic N) is 4. The molecule has 0 N–H and O–H groups in total. The zero-order valence-corrected chi connectivity index (χ0v) is 23.5. The summed E-state index contributed by atoms with van der Waals surface area (Å²) in [4.78, 5) is 50.7. The first kappa shape index (κ1) is 27.0. The van der Waals surface area contributed by atoms with Gasteiger partial charge in [0, 0.05) is 38.6 Å². The van der Waals surface area contributed by atoms with Crippen molar-refractivity contribution in [2.24, 2.45) is 5.92 Å². The second-order valence-corrected chi connectivity index (χ2v) is 11.2. The standard InChI is InChI=1S/C33H36N4O4/c1-41-26-11-4-8-23(20-26)15-19-37-32(39)27-12-5-14-29(30(27)33(37)40)35-17-7-10-25(22-35)31(38)36-18-3-2-13-28(36)24-9-6-16-34-21-24/h4-6,8-9,11-12,14,16,20-21,25,28H,2-3,7,10,13,15,17-19,22H2,1H3/t25-,28-/m0/s1. The maximum Gasteiger partial charge on any atom is 0.263 e. The maximum absolute atomic E-state index is 13.9. The van der Waals surface area contributed by atoms with E-state index in [2.05, 4.69) is 20.9 Å². The van der Waals surface area contributed by atoms with E-state index in [0.29, 0.717) is 30.6 Å². The lowest BCUT2D eigenvalue weighted by molar-refractivity contribution is -0.139. The lowest BCUT2D eigenvalue weighted by atomic mass is 9.91. The van der Waals surface area contributed by atoms with Gasteiger partial charge in [-0.25, -0.2) is 0 Å². The molecule has 2 fully saturated rings. The number of hydrogen-bond donors (Lipinski definition) is 0. The van der Waals surface area contributed by atoms with Crippen LogP contribution in [0, 0.1) is 5.92 Å². The Morgan fingerprint density at radius 2 is 1.85 bits per heavy atom.